The van der Waals surface area contributed by atoms with Crippen molar-refractivity contribution in [2.24, 2.45) is 28.9 Å². The van der Waals surface area contributed by atoms with E-state index in [1.165, 1.54) is 6.92 Å². The second-order valence-electron chi connectivity index (χ2n) is 5.34. The molecule has 0 aromatic heterocycles. The predicted octanol–water partition coefficient (Wildman–Crippen LogP) is 1.63. The van der Waals surface area contributed by atoms with Gasteiger partial charge in [0.1, 0.15) is 5.41 Å². The van der Waals surface area contributed by atoms with Crippen LogP contribution in [0.5, 0.6) is 0 Å². The largest absolute Gasteiger partial charge is 0.480 e. The average molecular weight is 227 g/mol. The van der Waals surface area contributed by atoms with Gasteiger partial charge >= 0.3 is 5.97 Å². The quantitative estimate of drug-likeness (QED) is 0.719. The maximum atomic E-state index is 11.4. The number of carboxylic acid groups (broad SMARTS) is 1. The van der Waals surface area contributed by atoms with Crippen LogP contribution in [0, 0.1) is 23.2 Å². The first-order valence-corrected chi connectivity index (χ1v) is 5.83. The second-order valence-corrected chi connectivity index (χ2v) is 5.34. The molecule has 0 aliphatic heterocycles. The van der Waals surface area contributed by atoms with Gasteiger partial charge in [-0.3, -0.25) is 9.59 Å². The number of amides is 1. The van der Waals surface area contributed by atoms with Crippen LogP contribution in [0.4, 0.5) is 0 Å². The summed E-state index contributed by atoms with van der Waals surface area (Å²) in [6.07, 6.45) is 2.52. The van der Waals surface area contributed by atoms with E-state index in [9.17, 15) is 14.7 Å². The zero-order valence-electron chi connectivity index (χ0n) is 10.2. The molecule has 0 radical (unpaired) electrons. The summed E-state index contributed by atoms with van der Waals surface area (Å²) in [5.41, 5.74) is 3.85. The van der Waals surface area contributed by atoms with Crippen LogP contribution in [-0.2, 0) is 9.59 Å². The van der Waals surface area contributed by atoms with E-state index in [4.69, 9.17) is 5.73 Å². The van der Waals surface area contributed by atoms with Crippen molar-refractivity contribution in [2.75, 3.05) is 0 Å². The number of carbonyl (C=O) groups is 2. The summed E-state index contributed by atoms with van der Waals surface area (Å²) in [5.74, 6) is -0.883. The van der Waals surface area contributed by atoms with Crippen molar-refractivity contribution in [3.63, 3.8) is 0 Å². The third-order valence-corrected chi connectivity index (χ3v) is 4.37. The molecule has 0 bridgehead atoms. The van der Waals surface area contributed by atoms with Crippen molar-refractivity contribution in [1.82, 2.24) is 0 Å². The van der Waals surface area contributed by atoms with E-state index >= 15 is 0 Å². The normalized spacial score (nSPS) is 34.1. The van der Waals surface area contributed by atoms with Gasteiger partial charge in [-0.05, 0) is 37.5 Å². The number of aliphatic carboxylic acids is 1. The van der Waals surface area contributed by atoms with Gasteiger partial charge < -0.3 is 10.8 Å². The maximum absolute atomic E-state index is 11.4. The first kappa shape index (κ1) is 13.0. The third-order valence-electron chi connectivity index (χ3n) is 4.37. The Kier molecular flexibility index (Phi) is 3.61. The first-order chi connectivity index (χ1) is 7.30. The minimum absolute atomic E-state index is 0.131. The van der Waals surface area contributed by atoms with Crippen molar-refractivity contribution in [2.45, 2.75) is 40.0 Å². The summed E-state index contributed by atoms with van der Waals surface area (Å²) >= 11 is 0. The van der Waals surface area contributed by atoms with E-state index in [1.54, 1.807) is 0 Å². The molecular formula is C12H21NO3. The van der Waals surface area contributed by atoms with E-state index in [2.05, 4.69) is 13.8 Å². The molecule has 16 heavy (non-hydrogen) atoms. The van der Waals surface area contributed by atoms with Crippen LogP contribution in [0.3, 0.4) is 0 Å². The van der Waals surface area contributed by atoms with E-state index < -0.39 is 17.3 Å². The average Bonchev–Trinajstić information content (AvgIpc) is 2.20. The minimum Gasteiger partial charge on any atom is -0.480 e. The van der Waals surface area contributed by atoms with E-state index in [1.807, 2.05) is 0 Å². The summed E-state index contributed by atoms with van der Waals surface area (Å²) in [6, 6.07) is 0. The molecule has 0 heterocycles. The highest BCUT2D eigenvalue weighted by atomic mass is 16.4. The molecule has 4 atom stereocenters. The number of rotatable bonds is 3. The van der Waals surface area contributed by atoms with Crippen LogP contribution in [0.1, 0.15) is 40.0 Å². The first-order valence-electron chi connectivity index (χ1n) is 5.83. The Labute approximate surface area is 96.2 Å². The lowest BCUT2D eigenvalue weighted by Gasteiger charge is -2.39. The van der Waals surface area contributed by atoms with Gasteiger partial charge in [0.05, 0.1) is 0 Å². The van der Waals surface area contributed by atoms with Crippen LogP contribution in [0.25, 0.3) is 0 Å². The molecule has 92 valence electrons. The van der Waals surface area contributed by atoms with Gasteiger partial charge in [-0.1, -0.05) is 20.3 Å². The summed E-state index contributed by atoms with van der Waals surface area (Å²) in [4.78, 5) is 22.6. The van der Waals surface area contributed by atoms with Crippen LogP contribution < -0.4 is 5.73 Å². The van der Waals surface area contributed by atoms with Crippen LogP contribution in [0.15, 0.2) is 0 Å². The SMILES string of the molecule is CC1CCC(C(C)(C(N)=O)C(=O)O)CC1C. The Morgan fingerprint density at radius 2 is 1.81 bits per heavy atom. The molecule has 3 N–H and O–H groups in total. The summed E-state index contributed by atoms with van der Waals surface area (Å²) in [6.45, 7) is 5.74. The lowest BCUT2D eigenvalue weighted by atomic mass is 9.64. The van der Waals surface area contributed by atoms with Gasteiger partial charge in [0.15, 0.2) is 0 Å². The van der Waals surface area contributed by atoms with Gasteiger partial charge in [0.2, 0.25) is 5.91 Å². The minimum atomic E-state index is -1.41. The molecule has 0 aromatic carbocycles. The number of hydrogen-bond donors (Lipinski definition) is 2. The number of carboxylic acids is 1. The molecular weight excluding hydrogens is 206 g/mol. The molecule has 1 amide bonds. The summed E-state index contributed by atoms with van der Waals surface area (Å²) in [5, 5.41) is 9.21. The molecule has 4 heteroatoms. The van der Waals surface area contributed by atoms with Crippen molar-refractivity contribution >= 4 is 11.9 Å². The fraction of sp³-hybridized carbons (Fsp3) is 0.833. The Morgan fingerprint density at radius 1 is 1.25 bits per heavy atom. The number of carbonyl (C=O) groups excluding carboxylic acids is 1. The zero-order valence-corrected chi connectivity index (χ0v) is 10.2. The fourth-order valence-corrected chi connectivity index (χ4v) is 2.55. The summed E-state index contributed by atoms with van der Waals surface area (Å²) < 4.78 is 0. The topological polar surface area (TPSA) is 80.4 Å². The molecule has 0 saturated heterocycles. The zero-order chi connectivity index (χ0) is 12.5. The van der Waals surface area contributed by atoms with Crippen molar-refractivity contribution < 1.29 is 14.7 Å². The highest BCUT2D eigenvalue weighted by molar-refractivity contribution is 6.01. The van der Waals surface area contributed by atoms with Gasteiger partial charge in [-0.15, -0.1) is 0 Å². The number of hydrogen-bond acceptors (Lipinski definition) is 2. The predicted molar refractivity (Wildman–Crippen MR) is 60.6 cm³/mol. The highest BCUT2D eigenvalue weighted by Gasteiger charge is 2.48. The van der Waals surface area contributed by atoms with Crippen LogP contribution in [0.2, 0.25) is 0 Å². The monoisotopic (exact) mass is 227 g/mol. The summed E-state index contributed by atoms with van der Waals surface area (Å²) in [7, 11) is 0. The fourth-order valence-electron chi connectivity index (χ4n) is 2.55. The Hall–Kier alpha value is -1.06. The number of nitrogens with two attached hydrogens (primary N) is 1. The number of primary amides is 1. The van der Waals surface area contributed by atoms with E-state index in [0.29, 0.717) is 11.8 Å². The van der Waals surface area contributed by atoms with Crippen LogP contribution in [-0.4, -0.2) is 17.0 Å². The molecule has 0 spiro atoms. The van der Waals surface area contributed by atoms with Crippen molar-refractivity contribution in [1.29, 1.82) is 0 Å². The van der Waals surface area contributed by atoms with Crippen molar-refractivity contribution in [3.8, 4) is 0 Å². The van der Waals surface area contributed by atoms with Crippen LogP contribution >= 0.6 is 0 Å². The maximum Gasteiger partial charge on any atom is 0.319 e. The van der Waals surface area contributed by atoms with Gasteiger partial charge in [0, 0.05) is 0 Å². The molecule has 4 unspecified atom stereocenters. The highest BCUT2D eigenvalue weighted by Crippen LogP contribution is 2.43. The molecule has 4 nitrogen and oxygen atoms in total. The van der Waals surface area contributed by atoms with Crippen molar-refractivity contribution in [3.05, 3.63) is 0 Å². The Balaban J connectivity index is 2.90. The lowest BCUT2D eigenvalue weighted by Crippen LogP contribution is -2.49. The molecule has 1 aliphatic carbocycles. The molecule has 1 saturated carbocycles. The second kappa shape index (κ2) is 4.44. The Morgan fingerprint density at radius 3 is 2.19 bits per heavy atom. The molecule has 1 aliphatic rings. The molecule has 0 aromatic rings. The van der Waals surface area contributed by atoms with E-state index in [-0.39, 0.29) is 5.92 Å². The Bertz CT molecular complexity index is 287. The van der Waals surface area contributed by atoms with Gasteiger partial charge in [-0.2, -0.15) is 0 Å². The molecule has 1 rings (SSSR count). The standard InChI is InChI=1S/C12H21NO3/c1-7-4-5-9(6-8(7)2)12(3,10(13)14)11(15)16/h7-9H,4-6H2,1-3H3,(H2,13,14)(H,15,16). The molecule has 1 fully saturated rings. The van der Waals surface area contributed by atoms with Gasteiger partial charge in [-0.25, -0.2) is 0 Å². The third kappa shape index (κ3) is 2.06. The lowest BCUT2D eigenvalue weighted by molar-refractivity contribution is -0.159. The smallest absolute Gasteiger partial charge is 0.319 e. The van der Waals surface area contributed by atoms with E-state index in [0.717, 1.165) is 19.3 Å². The van der Waals surface area contributed by atoms with Gasteiger partial charge in [0.25, 0.3) is 0 Å².